The van der Waals surface area contributed by atoms with E-state index in [0.29, 0.717) is 25.3 Å². The molecule has 6 nitrogen and oxygen atoms in total. The van der Waals surface area contributed by atoms with E-state index in [1.54, 1.807) is 0 Å². The van der Waals surface area contributed by atoms with Crippen molar-refractivity contribution in [3.8, 4) is 23.0 Å². The molecule has 0 atom stereocenters. The van der Waals surface area contributed by atoms with Crippen molar-refractivity contribution in [2.45, 2.75) is 13.5 Å². The van der Waals surface area contributed by atoms with Crippen LogP contribution in [-0.4, -0.2) is 50.3 Å². The smallest absolute Gasteiger partial charge is 0.137 e. The zero-order valence-corrected chi connectivity index (χ0v) is 22.0. The average Bonchev–Trinajstić information content (AvgIpc) is 3.56. The molecule has 1 fully saturated rings. The molecule has 0 amide bonds. The van der Waals surface area contributed by atoms with Gasteiger partial charge in [-0.1, -0.05) is 66.8 Å². The lowest BCUT2D eigenvalue weighted by Crippen LogP contribution is -2.40. The average molecular weight is 518 g/mol. The first-order valence-corrected chi connectivity index (χ1v) is 13.1. The standard InChI is InChI=1S/C31H27N5OS/c1-22-30(31(38)34-13-15-37-16-14-34)28(27-8-4-6-25-5-2-3-7-26(25)27)20-36(22)29-18-33-21-35(29)19-24-11-9-23(17-32)10-12-24/h2-12,18,20-21H,13-16,19H2,1H3. The van der Waals surface area contributed by atoms with Gasteiger partial charge in [-0.3, -0.25) is 0 Å². The van der Waals surface area contributed by atoms with Gasteiger partial charge >= 0.3 is 0 Å². The Morgan fingerprint density at radius 3 is 2.55 bits per heavy atom. The van der Waals surface area contributed by atoms with Crippen LogP contribution in [0.25, 0.3) is 27.7 Å². The van der Waals surface area contributed by atoms with Crippen molar-refractivity contribution < 1.29 is 4.74 Å². The summed E-state index contributed by atoms with van der Waals surface area (Å²) in [7, 11) is 0. The van der Waals surface area contributed by atoms with E-state index in [9.17, 15) is 0 Å². The normalized spacial score (nSPS) is 13.5. The molecule has 0 unspecified atom stereocenters. The van der Waals surface area contributed by atoms with Crippen LogP contribution in [0.15, 0.2) is 85.5 Å². The first-order chi connectivity index (χ1) is 18.6. The highest BCUT2D eigenvalue weighted by Gasteiger charge is 2.25. The highest BCUT2D eigenvalue weighted by molar-refractivity contribution is 7.80. The largest absolute Gasteiger partial charge is 0.378 e. The number of hydrogen-bond donors (Lipinski definition) is 0. The van der Waals surface area contributed by atoms with Gasteiger partial charge in [-0.2, -0.15) is 5.26 Å². The molecule has 38 heavy (non-hydrogen) atoms. The van der Waals surface area contributed by atoms with Crippen LogP contribution in [0.3, 0.4) is 0 Å². The number of rotatable bonds is 5. The number of imidazole rings is 1. The first-order valence-electron chi connectivity index (χ1n) is 12.7. The van der Waals surface area contributed by atoms with E-state index in [-0.39, 0.29) is 0 Å². The van der Waals surface area contributed by atoms with Crippen LogP contribution in [0.5, 0.6) is 0 Å². The number of fused-ring (bicyclic) bond motifs is 1. The van der Waals surface area contributed by atoms with Gasteiger partial charge in [0.15, 0.2) is 0 Å². The molecule has 0 spiro atoms. The molecule has 7 heteroatoms. The Bertz CT molecular complexity index is 1660. The molecule has 0 aliphatic carbocycles. The lowest BCUT2D eigenvalue weighted by molar-refractivity contribution is 0.0693. The Labute approximate surface area is 227 Å². The highest BCUT2D eigenvalue weighted by atomic mass is 32.1. The summed E-state index contributed by atoms with van der Waals surface area (Å²) in [6.45, 7) is 5.72. The minimum Gasteiger partial charge on any atom is -0.378 e. The summed E-state index contributed by atoms with van der Waals surface area (Å²) >= 11 is 6.15. The molecule has 0 radical (unpaired) electrons. The van der Waals surface area contributed by atoms with Crippen LogP contribution >= 0.6 is 12.2 Å². The third-order valence-corrected chi connectivity index (χ3v) is 7.68. The van der Waals surface area contributed by atoms with Gasteiger partial charge in [0.1, 0.15) is 10.8 Å². The van der Waals surface area contributed by atoms with Gasteiger partial charge in [-0.05, 0) is 41.0 Å². The Morgan fingerprint density at radius 2 is 1.76 bits per heavy atom. The van der Waals surface area contributed by atoms with E-state index in [0.717, 1.165) is 51.8 Å². The number of nitriles is 1. The van der Waals surface area contributed by atoms with Gasteiger partial charge in [0.25, 0.3) is 0 Å². The number of nitrogens with zero attached hydrogens (tertiary/aromatic N) is 5. The molecule has 0 saturated carbocycles. The second kappa shape index (κ2) is 10.3. The van der Waals surface area contributed by atoms with Crippen LogP contribution in [0, 0.1) is 18.3 Å². The summed E-state index contributed by atoms with van der Waals surface area (Å²) < 4.78 is 9.94. The van der Waals surface area contributed by atoms with E-state index in [4.69, 9.17) is 22.2 Å². The molecular formula is C31H27N5OS. The summed E-state index contributed by atoms with van der Waals surface area (Å²) in [5, 5.41) is 11.5. The summed E-state index contributed by atoms with van der Waals surface area (Å²) in [6, 6.07) is 24.8. The van der Waals surface area contributed by atoms with Gasteiger partial charge in [-0.25, -0.2) is 4.98 Å². The fraction of sp³-hybridized carbons (Fsp3) is 0.194. The topological polar surface area (TPSA) is 59.0 Å². The number of thiocarbonyl (C=S) groups is 1. The minimum atomic E-state index is 0.644. The monoisotopic (exact) mass is 517 g/mol. The van der Waals surface area contributed by atoms with E-state index >= 15 is 0 Å². The molecule has 5 aromatic rings. The van der Waals surface area contributed by atoms with Gasteiger partial charge in [0.2, 0.25) is 0 Å². The van der Waals surface area contributed by atoms with Crippen LogP contribution in [0.4, 0.5) is 0 Å². The van der Waals surface area contributed by atoms with E-state index in [2.05, 4.69) is 80.7 Å². The predicted octanol–water partition coefficient (Wildman–Crippen LogP) is 5.73. The van der Waals surface area contributed by atoms with Crippen molar-refractivity contribution in [3.05, 3.63) is 108 Å². The third-order valence-electron chi connectivity index (χ3n) is 7.22. The van der Waals surface area contributed by atoms with Crippen molar-refractivity contribution in [1.29, 1.82) is 5.26 Å². The molecule has 188 valence electrons. The number of aromatic nitrogens is 3. The Morgan fingerprint density at radius 1 is 1.00 bits per heavy atom. The van der Waals surface area contributed by atoms with Crippen LogP contribution < -0.4 is 0 Å². The molecule has 0 bridgehead atoms. The zero-order chi connectivity index (χ0) is 26.1. The van der Waals surface area contributed by atoms with E-state index in [1.165, 1.54) is 10.8 Å². The van der Waals surface area contributed by atoms with Gasteiger partial charge in [-0.15, -0.1) is 0 Å². The van der Waals surface area contributed by atoms with Crippen LogP contribution in [0.1, 0.15) is 22.4 Å². The van der Waals surface area contributed by atoms with Crippen molar-refractivity contribution in [3.63, 3.8) is 0 Å². The quantitative estimate of drug-likeness (QED) is 0.279. The molecule has 3 aromatic carbocycles. The summed E-state index contributed by atoms with van der Waals surface area (Å²) in [5.74, 6) is 0.962. The molecule has 1 aliphatic rings. The number of hydrogen-bond acceptors (Lipinski definition) is 4. The number of morpholine rings is 1. The second-order valence-corrected chi connectivity index (χ2v) is 9.88. The van der Waals surface area contributed by atoms with E-state index in [1.807, 2.05) is 36.8 Å². The maximum Gasteiger partial charge on any atom is 0.137 e. The third kappa shape index (κ3) is 4.38. The Balaban J connectivity index is 1.49. The van der Waals surface area contributed by atoms with Gasteiger partial charge < -0.3 is 18.8 Å². The summed E-state index contributed by atoms with van der Waals surface area (Å²) in [4.78, 5) is 7.61. The molecule has 1 aliphatic heterocycles. The van der Waals surface area contributed by atoms with Crippen molar-refractivity contribution >= 4 is 28.0 Å². The van der Waals surface area contributed by atoms with Crippen LogP contribution in [0.2, 0.25) is 0 Å². The van der Waals surface area contributed by atoms with Gasteiger partial charge in [0.05, 0.1) is 43.9 Å². The highest BCUT2D eigenvalue weighted by Crippen LogP contribution is 2.36. The molecule has 2 aromatic heterocycles. The molecule has 3 heterocycles. The number of benzene rings is 3. The lowest BCUT2D eigenvalue weighted by Gasteiger charge is -2.30. The first kappa shape index (κ1) is 24.1. The minimum absolute atomic E-state index is 0.644. The molecular weight excluding hydrogens is 490 g/mol. The number of ether oxygens (including phenoxy) is 1. The lowest BCUT2D eigenvalue weighted by atomic mass is 9.96. The summed E-state index contributed by atoms with van der Waals surface area (Å²) in [5.41, 5.74) is 6.18. The Kier molecular flexibility index (Phi) is 6.50. The molecule has 6 rings (SSSR count). The van der Waals surface area contributed by atoms with Crippen LogP contribution in [-0.2, 0) is 11.3 Å². The maximum atomic E-state index is 9.15. The molecule has 1 saturated heterocycles. The molecule has 0 N–H and O–H groups in total. The fourth-order valence-corrected chi connectivity index (χ4v) is 5.66. The maximum absolute atomic E-state index is 9.15. The fourth-order valence-electron chi connectivity index (χ4n) is 5.22. The van der Waals surface area contributed by atoms with Crippen molar-refractivity contribution in [2.75, 3.05) is 26.3 Å². The predicted molar refractivity (Wildman–Crippen MR) is 154 cm³/mol. The SMILES string of the molecule is Cc1c(C(=S)N2CCOCC2)c(-c2cccc3ccccc23)cn1-c1cncn1Cc1ccc(C#N)cc1. The van der Waals surface area contributed by atoms with Crippen molar-refractivity contribution in [1.82, 2.24) is 19.0 Å². The van der Waals surface area contributed by atoms with Gasteiger partial charge in [0, 0.05) is 36.1 Å². The van der Waals surface area contributed by atoms with E-state index < -0.39 is 0 Å². The van der Waals surface area contributed by atoms with Crippen molar-refractivity contribution in [2.24, 2.45) is 0 Å². The summed E-state index contributed by atoms with van der Waals surface area (Å²) in [6.07, 6.45) is 5.95. The Hall–Kier alpha value is -4.25. The zero-order valence-electron chi connectivity index (χ0n) is 21.2. The second-order valence-electron chi connectivity index (χ2n) is 9.49.